The van der Waals surface area contributed by atoms with E-state index in [0.717, 1.165) is 0 Å². The summed E-state index contributed by atoms with van der Waals surface area (Å²) in [6.45, 7) is 0.130. The molecule has 0 unspecified atom stereocenters. The zero-order chi connectivity index (χ0) is 10.7. The van der Waals surface area contributed by atoms with Crippen molar-refractivity contribution in [2.24, 2.45) is 5.73 Å². The largest absolute Gasteiger partial charge is 0.478 e. The van der Waals surface area contributed by atoms with E-state index < -0.39 is 5.97 Å². The zero-order valence-corrected chi connectivity index (χ0v) is 8.71. The third-order valence-corrected chi connectivity index (χ3v) is 2.70. The molecule has 4 nitrogen and oxygen atoms in total. The fourth-order valence-electron chi connectivity index (χ4n) is 1.09. The molecular weight excluding hydrogens is 248 g/mol. The van der Waals surface area contributed by atoms with E-state index in [1.165, 1.54) is 12.1 Å². The number of nitrogens with zero attached hydrogens (tertiary/aromatic N) is 1. The molecule has 1 aromatic carbocycles. The fourth-order valence-corrected chi connectivity index (χ4v) is 1.77. The number of nitrogens with two attached hydrogens (primary N) is 1. The van der Waals surface area contributed by atoms with Gasteiger partial charge in [-0.1, -0.05) is 0 Å². The molecule has 5 heteroatoms. The van der Waals surface area contributed by atoms with Gasteiger partial charge >= 0.3 is 5.97 Å². The lowest BCUT2D eigenvalue weighted by Gasteiger charge is -2.06. The van der Waals surface area contributed by atoms with Crippen molar-refractivity contribution in [3.05, 3.63) is 33.3 Å². The first-order chi connectivity index (χ1) is 6.61. The summed E-state index contributed by atoms with van der Waals surface area (Å²) in [5, 5.41) is 17.5. The smallest absolute Gasteiger partial charge is 0.336 e. The van der Waals surface area contributed by atoms with Crippen LogP contribution in [-0.2, 0) is 6.54 Å². The van der Waals surface area contributed by atoms with Crippen LogP contribution in [0.25, 0.3) is 0 Å². The highest BCUT2D eigenvalue weighted by molar-refractivity contribution is 9.10. The highest BCUT2D eigenvalue weighted by atomic mass is 79.9. The van der Waals surface area contributed by atoms with Crippen molar-refractivity contribution >= 4 is 21.9 Å². The molecule has 0 aliphatic carbocycles. The number of rotatable bonds is 2. The van der Waals surface area contributed by atoms with E-state index in [1.54, 1.807) is 0 Å². The van der Waals surface area contributed by atoms with E-state index in [0.29, 0.717) is 15.6 Å². The Hall–Kier alpha value is -1.38. The molecule has 72 valence electrons. The van der Waals surface area contributed by atoms with Gasteiger partial charge in [0.25, 0.3) is 0 Å². The van der Waals surface area contributed by atoms with Crippen molar-refractivity contribution < 1.29 is 9.90 Å². The maximum absolute atomic E-state index is 10.7. The molecule has 0 aromatic heterocycles. The van der Waals surface area contributed by atoms with E-state index in [9.17, 15) is 4.79 Å². The number of nitriles is 1. The van der Waals surface area contributed by atoms with Crippen LogP contribution in [0, 0.1) is 11.3 Å². The summed E-state index contributed by atoms with van der Waals surface area (Å²) >= 11 is 3.12. The summed E-state index contributed by atoms with van der Waals surface area (Å²) in [7, 11) is 0. The number of carbonyl (C=O) groups is 1. The molecule has 0 fully saturated rings. The number of hydrogen-bond acceptors (Lipinski definition) is 3. The molecule has 0 saturated heterocycles. The SMILES string of the molecule is N#Cc1ccc(C(=O)O)c(Br)c1CN. The summed E-state index contributed by atoms with van der Waals surface area (Å²) in [5.41, 5.74) is 6.45. The Morgan fingerprint density at radius 3 is 2.71 bits per heavy atom. The van der Waals surface area contributed by atoms with Crippen molar-refractivity contribution in [2.45, 2.75) is 6.54 Å². The molecule has 0 aliphatic heterocycles. The minimum absolute atomic E-state index is 0.115. The number of aromatic carboxylic acids is 1. The van der Waals surface area contributed by atoms with Gasteiger partial charge < -0.3 is 10.8 Å². The highest BCUT2D eigenvalue weighted by Crippen LogP contribution is 2.24. The molecule has 0 amide bonds. The quantitative estimate of drug-likeness (QED) is 0.837. The van der Waals surface area contributed by atoms with Crippen LogP contribution >= 0.6 is 15.9 Å². The Kier molecular flexibility index (Phi) is 3.23. The second-order valence-corrected chi connectivity index (χ2v) is 3.37. The van der Waals surface area contributed by atoms with E-state index in [1.807, 2.05) is 6.07 Å². The molecule has 0 aliphatic rings. The van der Waals surface area contributed by atoms with Gasteiger partial charge in [-0.25, -0.2) is 4.79 Å². The lowest BCUT2D eigenvalue weighted by Crippen LogP contribution is -2.06. The second-order valence-electron chi connectivity index (χ2n) is 2.57. The summed E-state index contributed by atoms with van der Waals surface area (Å²) in [6.07, 6.45) is 0. The van der Waals surface area contributed by atoms with Crippen LogP contribution < -0.4 is 5.73 Å². The van der Waals surface area contributed by atoms with Crippen LogP contribution in [0.15, 0.2) is 16.6 Å². The first-order valence-electron chi connectivity index (χ1n) is 3.76. The minimum atomic E-state index is -1.05. The van der Waals surface area contributed by atoms with Crippen LogP contribution in [-0.4, -0.2) is 11.1 Å². The Morgan fingerprint density at radius 2 is 2.29 bits per heavy atom. The Labute approximate surface area is 89.1 Å². The van der Waals surface area contributed by atoms with E-state index in [2.05, 4.69) is 15.9 Å². The van der Waals surface area contributed by atoms with Gasteiger partial charge in [-0.2, -0.15) is 5.26 Å². The molecule has 0 saturated carbocycles. The molecule has 0 bridgehead atoms. The molecule has 0 atom stereocenters. The fraction of sp³-hybridized carbons (Fsp3) is 0.111. The number of benzene rings is 1. The maximum Gasteiger partial charge on any atom is 0.336 e. The Balaban J connectivity index is 3.44. The van der Waals surface area contributed by atoms with Crippen LogP contribution in [0.3, 0.4) is 0 Å². The van der Waals surface area contributed by atoms with E-state index in [-0.39, 0.29) is 12.1 Å². The topological polar surface area (TPSA) is 87.1 Å². The third-order valence-electron chi connectivity index (χ3n) is 1.80. The summed E-state index contributed by atoms with van der Waals surface area (Å²) in [5.74, 6) is -1.05. The standard InChI is InChI=1S/C9H7BrN2O2/c10-8-6(9(13)14)2-1-5(3-11)7(8)4-12/h1-2H,4,12H2,(H,13,14). The van der Waals surface area contributed by atoms with Crippen LogP contribution in [0.4, 0.5) is 0 Å². The van der Waals surface area contributed by atoms with Gasteiger partial charge in [0, 0.05) is 11.0 Å². The molecule has 1 rings (SSSR count). The number of halogens is 1. The van der Waals surface area contributed by atoms with Crippen molar-refractivity contribution in [2.75, 3.05) is 0 Å². The van der Waals surface area contributed by atoms with Crippen LogP contribution in [0.2, 0.25) is 0 Å². The summed E-state index contributed by atoms with van der Waals surface area (Å²) in [4.78, 5) is 10.7. The first kappa shape index (κ1) is 10.7. The lowest BCUT2D eigenvalue weighted by molar-refractivity contribution is 0.0696. The van der Waals surface area contributed by atoms with Gasteiger partial charge in [0.2, 0.25) is 0 Å². The zero-order valence-electron chi connectivity index (χ0n) is 7.12. The van der Waals surface area contributed by atoms with Crippen molar-refractivity contribution in [1.82, 2.24) is 0 Å². The molecule has 0 spiro atoms. The average molecular weight is 255 g/mol. The first-order valence-corrected chi connectivity index (χ1v) is 4.56. The minimum Gasteiger partial charge on any atom is -0.478 e. The Bertz CT molecular complexity index is 424. The van der Waals surface area contributed by atoms with Crippen molar-refractivity contribution in [1.29, 1.82) is 5.26 Å². The molecule has 3 N–H and O–H groups in total. The maximum atomic E-state index is 10.7. The predicted octanol–water partition coefficient (Wildman–Crippen LogP) is 1.48. The monoisotopic (exact) mass is 254 g/mol. The van der Waals surface area contributed by atoms with Gasteiger partial charge in [-0.05, 0) is 33.6 Å². The van der Waals surface area contributed by atoms with Gasteiger partial charge in [-0.3, -0.25) is 0 Å². The average Bonchev–Trinajstić information content (AvgIpc) is 2.16. The number of carboxylic acid groups (broad SMARTS) is 1. The number of hydrogen-bond donors (Lipinski definition) is 2. The second kappa shape index (κ2) is 4.22. The molecular formula is C9H7BrN2O2. The summed E-state index contributed by atoms with van der Waals surface area (Å²) < 4.78 is 0.381. The molecule has 0 radical (unpaired) electrons. The predicted molar refractivity (Wildman–Crippen MR) is 53.7 cm³/mol. The van der Waals surface area contributed by atoms with Crippen LogP contribution in [0.1, 0.15) is 21.5 Å². The molecule has 1 aromatic rings. The van der Waals surface area contributed by atoms with Crippen molar-refractivity contribution in [3.8, 4) is 6.07 Å². The summed E-state index contributed by atoms with van der Waals surface area (Å²) in [6, 6.07) is 4.78. The third kappa shape index (κ3) is 1.76. The van der Waals surface area contributed by atoms with Crippen LogP contribution in [0.5, 0.6) is 0 Å². The van der Waals surface area contributed by atoms with Gasteiger partial charge in [0.05, 0.1) is 17.2 Å². The van der Waals surface area contributed by atoms with Gasteiger partial charge in [-0.15, -0.1) is 0 Å². The molecule has 0 heterocycles. The van der Waals surface area contributed by atoms with E-state index >= 15 is 0 Å². The van der Waals surface area contributed by atoms with Gasteiger partial charge in [0.15, 0.2) is 0 Å². The lowest BCUT2D eigenvalue weighted by atomic mass is 10.0. The van der Waals surface area contributed by atoms with Crippen molar-refractivity contribution in [3.63, 3.8) is 0 Å². The normalized spacial score (nSPS) is 9.50. The highest BCUT2D eigenvalue weighted by Gasteiger charge is 2.14. The van der Waals surface area contributed by atoms with Gasteiger partial charge in [0.1, 0.15) is 0 Å². The number of carboxylic acids is 1. The Morgan fingerprint density at radius 1 is 1.64 bits per heavy atom. The van der Waals surface area contributed by atoms with E-state index in [4.69, 9.17) is 16.1 Å². The molecule has 14 heavy (non-hydrogen) atoms.